The molecule has 0 aliphatic heterocycles. The molecule has 0 unspecified atom stereocenters. The fourth-order valence-corrected chi connectivity index (χ4v) is 1.22. The first kappa shape index (κ1) is 15.7. The summed E-state index contributed by atoms with van der Waals surface area (Å²) in [5, 5.41) is 5.26. The summed E-state index contributed by atoms with van der Waals surface area (Å²) in [6, 6.07) is 4.33. The number of hydrogen-bond acceptors (Lipinski definition) is 3. The Bertz CT molecular complexity index is 374. The molecule has 0 aromatic heterocycles. The summed E-state index contributed by atoms with van der Waals surface area (Å²) in [5.41, 5.74) is 0.418. The number of hydrogen-bond donors (Lipinski definition) is 2. The second-order valence-electron chi connectivity index (χ2n) is 3.16. The van der Waals surface area contributed by atoms with Crippen molar-refractivity contribution in [3.05, 3.63) is 24.0 Å². The fraction of sp³-hybridized carbons (Fsp3) is 0.364. The van der Waals surface area contributed by atoms with Crippen LogP contribution in [0.25, 0.3) is 0 Å². The predicted octanol–water partition coefficient (Wildman–Crippen LogP) is 1.80. The first-order chi connectivity index (χ1) is 7.67. The van der Waals surface area contributed by atoms with Gasteiger partial charge in [-0.15, -0.1) is 12.4 Å². The average molecular weight is 263 g/mol. The second kappa shape index (κ2) is 7.86. The third-order valence-corrected chi connectivity index (χ3v) is 1.85. The number of rotatable bonds is 5. The van der Waals surface area contributed by atoms with Crippen molar-refractivity contribution in [1.29, 1.82) is 0 Å². The van der Waals surface area contributed by atoms with E-state index < -0.39 is 5.82 Å². The molecule has 0 aliphatic carbocycles. The maximum Gasteiger partial charge on any atom is 0.238 e. The lowest BCUT2D eigenvalue weighted by molar-refractivity contribution is -0.115. The minimum absolute atomic E-state index is 0. The summed E-state index contributed by atoms with van der Waals surface area (Å²) < 4.78 is 18.4. The van der Waals surface area contributed by atoms with Gasteiger partial charge in [0.2, 0.25) is 5.91 Å². The predicted molar refractivity (Wildman–Crippen MR) is 67.4 cm³/mol. The average Bonchev–Trinajstić information content (AvgIpc) is 2.22. The molecule has 0 aliphatic rings. The lowest BCUT2D eigenvalue weighted by Gasteiger charge is -2.08. The van der Waals surface area contributed by atoms with Gasteiger partial charge in [0.1, 0.15) is 0 Å². The fourth-order valence-electron chi connectivity index (χ4n) is 1.22. The molecule has 2 N–H and O–H groups in total. The Morgan fingerprint density at radius 2 is 2.18 bits per heavy atom. The zero-order valence-corrected chi connectivity index (χ0v) is 10.6. The van der Waals surface area contributed by atoms with Gasteiger partial charge in [-0.2, -0.15) is 0 Å². The summed E-state index contributed by atoms with van der Waals surface area (Å²) in [5.74, 6) is -0.510. The number of halogens is 2. The van der Waals surface area contributed by atoms with Gasteiger partial charge < -0.3 is 15.4 Å². The summed E-state index contributed by atoms with van der Waals surface area (Å²) in [4.78, 5) is 11.2. The van der Waals surface area contributed by atoms with Gasteiger partial charge in [-0.25, -0.2) is 4.39 Å². The van der Waals surface area contributed by atoms with Crippen LogP contribution in [0.3, 0.4) is 0 Å². The van der Waals surface area contributed by atoms with E-state index >= 15 is 0 Å². The summed E-state index contributed by atoms with van der Waals surface area (Å²) in [6.45, 7) is 2.37. The zero-order valence-electron chi connectivity index (χ0n) is 9.75. The van der Waals surface area contributed by atoms with Crippen LogP contribution in [0.2, 0.25) is 0 Å². The standard InChI is InChI=1S/C11H15FN2O2.ClH/c1-3-16-10-5-4-8(6-9(10)12)14-11(15)7-13-2;/h4-6,13H,3,7H2,1-2H3,(H,14,15);1H. The van der Waals surface area contributed by atoms with E-state index in [1.165, 1.54) is 12.1 Å². The molecule has 0 radical (unpaired) electrons. The van der Waals surface area contributed by atoms with Crippen LogP contribution < -0.4 is 15.4 Å². The number of carbonyl (C=O) groups excluding carboxylic acids is 1. The van der Waals surface area contributed by atoms with E-state index in [0.717, 1.165) is 0 Å². The first-order valence-corrected chi connectivity index (χ1v) is 5.04. The SMILES string of the molecule is CCOc1ccc(NC(=O)CNC)cc1F.Cl. The molecule has 1 rings (SSSR count). The highest BCUT2D eigenvalue weighted by molar-refractivity contribution is 5.92. The first-order valence-electron chi connectivity index (χ1n) is 5.04. The van der Waals surface area contributed by atoms with Crippen molar-refractivity contribution < 1.29 is 13.9 Å². The van der Waals surface area contributed by atoms with Crippen LogP contribution in [0.5, 0.6) is 5.75 Å². The second-order valence-corrected chi connectivity index (χ2v) is 3.16. The van der Waals surface area contributed by atoms with Gasteiger partial charge in [-0.3, -0.25) is 4.79 Å². The quantitative estimate of drug-likeness (QED) is 0.851. The van der Waals surface area contributed by atoms with Crippen LogP contribution in [-0.2, 0) is 4.79 Å². The van der Waals surface area contributed by atoms with Crippen molar-refractivity contribution in [3.8, 4) is 5.75 Å². The van der Waals surface area contributed by atoms with E-state index in [2.05, 4.69) is 10.6 Å². The lowest BCUT2D eigenvalue weighted by atomic mass is 10.3. The number of anilines is 1. The number of carbonyl (C=O) groups is 1. The van der Waals surface area contributed by atoms with Crippen molar-refractivity contribution in [2.45, 2.75) is 6.92 Å². The van der Waals surface area contributed by atoms with E-state index in [4.69, 9.17) is 4.74 Å². The van der Waals surface area contributed by atoms with Gasteiger partial charge in [0.05, 0.1) is 13.2 Å². The molecule has 6 heteroatoms. The van der Waals surface area contributed by atoms with Crippen LogP contribution in [0.15, 0.2) is 18.2 Å². The topological polar surface area (TPSA) is 50.4 Å². The maximum absolute atomic E-state index is 13.4. The Balaban J connectivity index is 0.00000256. The van der Waals surface area contributed by atoms with Crippen molar-refractivity contribution in [2.75, 3.05) is 25.5 Å². The van der Waals surface area contributed by atoms with Crippen molar-refractivity contribution in [2.24, 2.45) is 0 Å². The molecule has 0 heterocycles. The molecular weight excluding hydrogens is 247 g/mol. The summed E-state index contributed by atoms with van der Waals surface area (Å²) in [7, 11) is 1.67. The molecule has 4 nitrogen and oxygen atoms in total. The maximum atomic E-state index is 13.4. The van der Waals surface area contributed by atoms with Gasteiger partial charge in [-0.1, -0.05) is 0 Å². The normalized spacial score (nSPS) is 9.35. The highest BCUT2D eigenvalue weighted by atomic mass is 35.5. The number of benzene rings is 1. The molecular formula is C11H16ClFN2O2. The van der Waals surface area contributed by atoms with Crippen molar-refractivity contribution in [1.82, 2.24) is 5.32 Å². The van der Waals surface area contributed by atoms with Crippen molar-refractivity contribution in [3.63, 3.8) is 0 Å². The Morgan fingerprint density at radius 3 is 2.71 bits per heavy atom. The molecule has 1 aromatic carbocycles. The van der Waals surface area contributed by atoms with Crippen LogP contribution in [0.4, 0.5) is 10.1 Å². The Hall–Kier alpha value is -1.33. The molecule has 1 amide bonds. The molecule has 0 saturated heterocycles. The Morgan fingerprint density at radius 1 is 1.47 bits per heavy atom. The lowest BCUT2D eigenvalue weighted by Crippen LogP contribution is -2.25. The van der Waals surface area contributed by atoms with Gasteiger partial charge in [-0.05, 0) is 26.1 Å². The zero-order chi connectivity index (χ0) is 12.0. The minimum Gasteiger partial charge on any atom is -0.491 e. The molecule has 0 spiro atoms. The highest BCUT2D eigenvalue weighted by Gasteiger charge is 2.06. The summed E-state index contributed by atoms with van der Waals surface area (Å²) >= 11 is 0. The van der Waals surface area contributed by atoms with E-state index in [-0.39, 0.29) is 30.6 Å². The third-order valence-electron chi connectivity index (χ3n) is 1.85. The molecule has 0 bridgehead atoms. The molecule has 0 fully saturated rings. The monoisotopic (exact) mass is 262 g/mol. The minimum atomic E-state index is -0.482. The van der Waals surface area contributed by atoms with Crippen LogP contribution in [-0.4, -0.2) is 26.1 Å². The molecule has 0 atom stereocenters. The van der Waals surface area contributed by atoms with E-state index in [1.54, 1.807) is 20.0 Å². The number of likely N-dealkylation sites (N-methyl/N-ethyl adjacent to an activating group) is 1. The molecule has 96 valence electrons. The number of ether oxygens (including phenoxy) is 1. The highest BCUT2D eigenvalue weighted by Crippen LogP contribution is 2.20. The molecule has 1 aromatic rings. The Labute approximate surface area is 106 Å². The van der Waals surface area contributed by atoms with Gasteiger partial charge in [0, 0.05) is 11.8 Å². The molecule has 0 saturated carbocycles. The third kappa shape index (κ3) is 5.01. The van der Waals surface area contributed by atoms with E-state index in [0.29, 0.717) is 12.3 Å². The smallest absolute Gasteiger partial charge is 0.238 e. The summed E-state index contributed by atoms with van der Waals surface area (Å²) in [6.07, 6.45) is 0. The van der Waals surface area contributed by atoms with E-state index in [9.17, 15) is 9.18 Å². The van der Waals surface area contributed by atoms with Crippen molar-refractivity contribution >= 4 is 24.0 Å². The van der Waals surface area contributed by atoms with Gasteiger partial charge >= 0.3 is 0 Å². The van der Waals surface area contributed by atoms with Gasteiger partial charge in [0.25, 0.3) is 0 Å². The number of nitrogens with one attached hydrogen (secondary N) is 2. The van der Waals surface area contributed by atoms with Crippen LogP contribution >= 0.6 is 12.4 Å². The Kier molecular flexibility index (Phi) is 7.25. The van der Waals surface area contributed by atoms with Crippen LogP contribution in [0.1, 0.15) is 6.92 Å². The molecule has 17 heavy (non-hydrogen) atoms. The largest absolute Gasteiger partial charge is 0.491 e. The van der Waals surface area contributed by atoms with Crippen LogP contribution in [0, 0.1) is 5.82 Å². The van der Waals surface area contributed by atoms with E-state index in [1.807, 2.05) is 0 Å². The number of amides is 1. The van der Waals surface area contributed by atoms with Gasteiger partial charge in [0.15, 0.2) is 11.6 Å².